The Hall–Kier alpha value is -1.59. The van der Waals surface area contributed by atoms with Gasteiger partial charge in [-0.15, -0.1) is 0 Å². The van der Waals surface area contributed by atoms with Gasteiger partial charge in [0.2, 0.25) is 5.91 Å². The van der Waals surface area contributed by atoms with Crippen LogP contribution in [0.4, 0.5) is 5.69 Å². The van der Waals surface area contributed by atoms with Crippen molar-refractivity contribution in [2.45, 2.75) is 52.2 Å². The molecule has 2 rings (SSSR count). The highest BCUT2D eigenvalue weighted by Crippen LogP contribution is 2.25. The third kappa shape index (κ3) is 4.94. The molecule has 5 nitrogen and oxygen atoms in total. The molecule has 128 valence electrons. The summed E-state index contributed by atoms with van der Waals surface area (Å²) in [5, 5.41) is 2.89. The van der Waals surface area contributed by atoms with Crippen LogP contribution in [-0.4, -0.2) is 31.3 Å². The van der Waals surface area contributed by atoms with Crippen molar-refractivity contribution in [2.75, 3.05) is 18.5 Å². The second-order valence-electron chi connectivity index (χ2n) is 6.31. The first-order chi connectivity index (χ1) is 11.0. The van der Waals surface area contributed by atoms with E-state index in [-0.39, 0.29) is 17.9 Å². The van der Waals surface area contributed by atoms with Crippen molar-refractivity contribution in [3.8, 4) is 5.75 Å². The average Bonchev–Trinajstić information content (AvgIpc) is 2.56. The normalized spacial score (nSPS) is 18.3. The van der Waals surface area contributed by atoms with Gasteiger partial charge in [0.1, 0.15) is 11.9 Å². The van der Waals surface area contributed by atoms with Gasteiger partial charge in [-0.05, 0) is 36.6 Å². The number of carbonyl (C=O) groups excluding carboxylic acids is 1. The van der Waals surface area contributed by atoms with Gasteiger partial charge in [0.25, 0.3) is 0 Å². The average molecular weight is 320 g/mol. The number of ether oxygens (including phenoxy) is 2. The number of nitrogens with one attached hydrogen (secondary N) is 1. The lowest BCUT2D eigenvalue weighted by Crippen LogP contribution is -2.40. The second-order valence-corrected chi connectivity index (χ2v) is 6.31. The van der Waals surface area contributed by atoms with E-state index in [0.29, 0.717) is 0 Å². The smallest absolute Gasteiger partial charge is 0.241 e. The molecule has 2 unspecified atom stereocenters. The lowest BCUT2D eigenvalue weighted by atomic mass is 9.99. The van der Waals surface area contributed by atoms with Gasteiger partial charge in [0.05, 0.1) is 19.3 Å². The SMILES string of the molecule is CCC(C)C(N)C(=O)Nc1ccc(OC2CCOCC2)c(C)c1. The van der Waals surface area contributed by atoms with Crippen LogP contribution in [0.3, 0.4) is 0 Å². The van der Waals surface area contributed by atoms with E-state index in [9.17, 15) is 4.79 Å². The molecule has 0 aliphatic carbocycles. The fourth-order valence-corrected chi connectivity index (χ4v) is 2.57. The Balaban J connectivity index is 1.97. The molecule has 23 heavy (non-hydrogen) atoms. The summed E-state index contributed by atoms with van der Waals surface area (Å²) in [4.78, 5) is 12.1. The Kier molecular flexibility index (Phi) is 6.42. The highest BCUT2D eigenvalue weighted by molar-refractivity contribution is 5.95. The van der Waals surface area contributed by atoms with Crippen molar-refractivity contribution in [3.63, 3.8) is 0 Å². The highest BCUT2D eigenvalue weighted by atomic mass is 16.5. The van der Waals surface area contributed by atoms with Crippen LogP contribution in [-0.2, 0) is 9.53 Å². The zero-order valence-electron chi connectivity index (χ0n) is 14.3. The standard InChI is InChI=1S/C18H28N2O3/c1-4-12(2)17(19)18(21)20-14-5-6-16(13(3)11-14)23-15-7-9-22-10-8-15/h5-6,11-12,15,17H,4,7-10,19H2,1-3H3,(H,20,21). The summed E-state index contributed by atoms with van der Waals surface area (Å²) in [6.07, 6.45) is 2.93. The molecule has 5 heteroatoms. The Morgan fingerprint density at radius 3 is 2.74 bits per heavy atom. The summed E-state index contributed by atoms with van der Waals surface area (Å²) in [5.74, 6) is 0.880. The molecule has 1 aromatic carbocycles. The van der Waals surface area contributed by atoms with E-state index in [2.05, 4.69) is 5.32 Å². The first-order valence-electron chi connectivity index (χ1n) is 8.42. The molecule has 1 heterocycles. The fourth-order valence-electron chi connectivity index (χ4n) is 2.57. The summed E-state index contributed by atoms with van der Waals surface area (Å²) in [7, 11) is 0. The zero-order valence-corrected chi connectivity index (χ0v) is 14.3. The van der Waals surface area contributed by atoms with Crippen LogP contribution in [0.15, 0.2) is 18.2 Å². The van der Waals surface area contributed by atoms with Gasteiger partial charge in [-0.1, -0.05) is 20.3 Å². The zero-order chi connectivity index (χ0) is 16.8. The number of carbonyl (C=O) groups is 1. The van der Waals surface area contributed by atoms with Crippen LogP contribution in [0.1, 0.15) is 38.7 Å². The van der Waals surface area contributed by atoms with Crippen LogP contribution in [0.2, 0.25) is 0 Å². The molecule has 1 aromatic rings. The lowest BCUT2D eigenvalue weighted by molar-refractivity contribution is -0.118. The second kappa shape index (κ2) is 8.31. The molecule has 2 atom stereocenters. The number of amides is 1. The third-order valence-corrected chi connectivity index (χ3v) is 4.46. The van der Waals surface area contributed by atoms with Crippen LogP contribution in [0.5, 0.6) is 5.75 Å². The minimum Gasteiger partial charge on any atom is -0.490 e. The minimum absolute atomic E-state index is 0.142. The van der Waals surface area contributed by atoms with E-state index >= 15 is 0 Å². The molecule has 0 spiro atoms. The van der Waals surface area contributed by atoms with E-state index in [1.54, 1.807) is 0 Å². The molecule has 0 bridgehead atoms. The Morgan fingerprint density at radius 1 is 1.43 bits per heavy atom. The number of aryl methyl sites for hydroxylation is 1. The summed E-state index contributed by atoms with van der Waals surface area (Å²) in [6, 6.07) is 5.21. The van der Waals surface area contributed by atoms with Gasteiger partial charge in [-0.3, -0.25) is 4.79 Å². The maximum absolute atomic E-state index is 12.1. The van der Waals surface area contributed by atoms with Gasteiger partial charge in [-0.25, -0.2) is 0 Å². The largest absolute Gasteiger partial charge is 0.490 e. The maximum Gasteiger partial charge on any atom is 0.241 e. The molecule has 1 fully saturated rings. The van der Waals surface area contributed by atoms with E-state index in [4.69, 9.17) is 15.2 Å². The topological polar surface area (TPSA) is 73.6 Å². The third-order valence-electron chi connectivity index (χ3n) is 4.46. The quantitative estimate of drug-likeness (QED) is 0.845. The number of rotatable bonds is 6. The van der Waals surface area contributed by atoms with Gasteiger partial charge in [0.15, 0.2) is 0 Å². The molecular formula is C18H28N2O3. The monoisotopic (exact) mass is 320 g/mol. The highest BCUT2D eigenvalue weighted by Gasteiger charge is 2.20. The van der Waals surface area contributed by atoms with Crippen LogP contribution in [0.25, 0.3) is 0 Å². The first-order valence-corrected chi connectivity index (χ1v) is 8.42. The minimum atomic E-state index is -0.488. The lowest BCUT2D eigenvalue weighted by Gasteiger charge is -2.24. The number of hydrogen-bond donors (Lipinski definition) is 2. The molecule has 3 N–H and O–H groups in total. The molecule has 0 saturated carbocycles. The van der Waals surface area contributed by atoms with E-state index in [1.165, 1.54) is 0 Å². The Morgan fingerprint density at radius 2 is 2.13 bits per heavy atom. The maximum atomic E-state index is 12.1. The number of benzene rings is 1. The van der Waals surface area contributed by atoms with E-state index in [1.807, 2.05) is 39.0 Å². The summed E-state index contributed by atoms with van der Waals surface area (Å²) >= 11 is 0. The van der Waals surface area contributed by atoms with Crippen molar-refractivity contribution in [1.82, 2.24) is 0 Å². The van der Waals surface area contributed by atoms with Crippen molar-refractivity contribution in [3.05, 3.63) is 23.8 Å². The predicted molar refractivity (Wildman–Crippen MR) is 91.7 cm³/mol. The predicted octanol–water partition coefficient (Wildman–Crippen LogP) is 2.86. The van der Waals surface area contributed by atoms with Gasteiger partial charge in [0, 0.05) is 18.5 Å². The molecule has 1 aliphatic heterocycles. The van der Waals surface area contributed by atoms with E-state index < -0.39 is 6.04 Å². The van der Waals surface area contributed by atoms with Crippen molar-refractivity contribution < 1.29 is 14.3 Å². The molecule has 1 saturated heterocycles. The number of hydrogen-bond acceptors (Lipinski definition) is 4. The molecule has 1 amide bonds. The first kappa shape index (κ1) is 17.8. The van der Waals surface area contributed by atoms with Crippen LogP contribution in [0, 0.1) is 12.8 Å². The molecule has 1 aliphatic rings. The van der Waals surface area contributed by atoms with Crippen LogP contribution >= 0.6 is 0 Å². The van der Waals surface area contributed by atoms with Crippen LogP contribution < -0.4 is 15.8 Å². The van der Waals surface area contributed by atoms with Crippen molar-refractivity contribution >= 4 is 11.6 Å². The summed E-state index contributed by atoms with van der Waals surface area (Å²) < 4.78 is 11.4. The van der Waals surface area contributed by atoms with Gasteiger partial charge >= 0.3 is 0 Å². The van der Waals surface area contributed by atoms with E-state index in [0.717, 1.165) is 49.5 Å². The van der Waals surface area contributed by atoms with Crippen molar-refractivity contribution in [2.24, 2.45) is 11.7 Å². The van der Waals surface area contributed by atoms with Gasteiger partial charge < -0.3 is 20.5 Å². The molecule has 0 radical (unpaired) electrons. The number of anilines is 1. The fraction of sp³-hybridized carbons (Fsp3) is 0.611. The summed E-state index contributed by atoms with van der Waals surface area (Å²) in [6.45, 7) is 7.51. The Bertz CT molecular complexity index is 527. The molecular weight excluding hydrogens is 292 g/mol. The number of nitrogens with two attached hydrogens (primary N) is 1. The Labute approximate surface area is 138 Å². The van der Waals surface area contributed by atoms with Gasteiger partial charge in [-0.2, -0.15) is 0 Å². The van der Waals surface area contributed by atoms with Crippen molar-refractivity contribution in [1.29, 1.82) is 0 Å². The molecule has 0 aromatic heterocycles. The summed E-state index contributed by atoms with van der Waals surface area (Å²) in [5.41, 5.74) is 7.72.